The number of fused-ring (bicyclic) bond motifs is 1. The van der Waals surface area contributed by atoms with E-state index in [1.165, 1.54) is 24.6 Å². The molecule has 0 unspecified atom stereocenters. The van der Waals surface area contributed by atoms with E-state index in [1.54, 1.807) is 0 Å². The van der Waals surface area contributed by atoms with Crippen LogP contribution in [0.3, 0.4) is 0 Å². The molecule has 1 atom stereocenters. The van der Waals surface area contributed by atoms with E-state index in [9.17, 15) is 4.79 Å². The number of likely N-dealkylation sites (tertiary alicyclic amines) is 1. The Morgan fingerprint density at radius 1 is 1.04 bits per heavy atom. The summed E-state index contributed by atoms with van der Waals surface area (Å²) in [6.07, 6.45) is 4.17. The van der Waals surface area contributed by atoms with Crippen molar-refractivity contribution < 1.29 is 4.79 Å². The molecule has 0 bridgehead atoms. The van der Waals surface area contributed by atoms with Gasteiger partial charge >= 0.3 is 0 Å². The number of H-pyrrole nitrogens is 1. The summed E-state index contributed by atoms with van der Waals surface area (Å²) in [4.78, 5) is 18.9. The molecule has 3 nitrogen and oxygen atoms in total. The number of hydrogen-bond acceptors (Lipinski definition) is 3. The number of nitrogens with zero attached hydrogens (tertiary/aromatic N) is 1. The number of hydrogen-bond donors (Lipinski definition) is 1. The molecule has 0 spiro atoms. The molecule has 1 fully saturated rings. The molecule has 132 valence electrons. The molecule has 1 saturated heterocycles. The highest BCUT2D eigenvalue weighted by Crippen LogP contribution is 2.36. The first kappa shape index (κ1) is 17.3. The van der Waals surface area contributed by atoms with Crippen LogP contribution in [0, 0.1) is 0 Å². The molecule has 0 radical (unpaired) electrons. The lowest BCUT2D eigenvalue weighted by molar-refractivity contribution is 0.0991. The number of nitrogens with one attached hydrogen (secondary N) is 1. The fourth-order valence-corrected chi connectivity index (χ4v) is 4.92. The van der Waals surface area contributed by atoms with E-state index >= 15 is 0 Å². The van der Waals surface area contributed by atoms with E-state index < -0.39 is 0 Å². The van der Waals surface area contributed by atoms with Crippen LogP contribution in [0.2, 0.25) is 0 Å². The predicted molar refractivity (Wildman–Crippen MR) is 113 cm³/mol. The van der Waals surface area contributed by atoms with Gasteiger partial charge in [0.1, 0.15) is 4.32 Å². The fourth-order valence-electron chi connectivity index (χ4n) is 3.39. The second kappa shape index (κ2) is 7.64. The molecule has 2 heterocycles. The SMILES string of the molecule is O=C(c1c[nH]c2ccccc12)[C@H](SC(=S)N1CCCC1)c1ccccc1. The van der Waals surface area contributed by atoms with Crippen LogP contribution in [0.5, 0.6) is 0 Å². The zero-order chi connectivity index (χ0) is 17.9. The highest BCUT2D eigenvalue weighted by atomic mass is 32.2. The third kappa shape index (κ3) is 3.41. The molecule has 1 N–H and O–H groups in total. The number of thioether (sulfide) groups is 1. The Balaban J connectivity index is 1.68. The molecule has 5 heteroatoms. The number of benzene rings is 2. The number of aromatic amines is 1. The van der Waals surface area contributed by atoms with E-state index in [0.717, 1.165) is 39.4 Å². The van der Waals surface area contributed by atoms with Crippen LogP contribution in [-0.4, -0.2) is 33.1 Å². The quantitative estimate of drug-likeness (QED) is 0.498. The van der Waals surface area contributed by atoms with Crippen molar-refractivity contribution in [1.82, 2.24) is 9.88 Å². The van der Waals surface area contributed by atoms with Gasteiger partial charge in [0.15, 0.2) is 5.78 Å². The van der Waals surface area contributed by atoms with Gasteiger partial charge in [0, 0.05) is 35.8 Å². The first-order valence-electron chi connectivity index (χ1n) is 8.85. The molecule has 0 amide bonds. The van der Waals surface area contributed by atoms with Crippen molar-refractivity contribution in [3.05, 3.63) is 71.9 Å². The summed E-state index contributed by atoms with van der Waals surface area (Å²) in [5.74, 6) is 0.0974. The molecule has 2 aromatic carbocycles. The van der Waals surface area contributed by atoms with Gasteiger partial charge in [-0.3, -0.25) is 4.79 Å². The lowest BCUT2D eigenvalue weighted by Gasteiger charge is -2.22. The molecule has 1 aliphatic heterocycles. The summed E-state index contributed by atoms with van der Waals surface area (Å²) < 4.78 is 0.824. The number of rotatable bonds is 4. The van der Waals surface area contributed by atoms with Crippen LogP contribution < -0.4 is 0 Å². The summed E-state index contributed by atoms with van der Waals surface area (Å²) in [7, 11) is 0. The van der Waals surface area contributed by atoms with Gasteiger partial charge in [0.25, 0.3) is 0 Å². The van der Waals surface area contributed by atoms with Crippen molar-refractivity contribution in [3.8, 4) is 0 Å². The first-order valence-corrected chi connectivity index (χ1v) is 10.1. The van der Waals surface area contributed by atoms with Gasteiger partial charge in [-0.1, -0.05) is 72.5 Å². The highest BCUT2D eigenvalue weighted by molar-refractivity contribution is 8.23. The summed E-state index contributed by atoms with van der Waals surface area (Å²) in [5, 5.41) is 0.634. The molecule has 1 aromatic heterocycles. The number of para-hydroxylation sites is 1. The number of carbonyl (C=O) groups is 1. The predicted octanol–water partition coefficient (Wildman–Crippen LogP) is 5.21. The van der Waals surface area contributed by atoms with Gasteiger partial charge in [-0.05, 0) is 24.5 Å². The Morgan fingerprint density at radius 3 is 2.50 bits per heavy atom. The second-order valence-corrected chi connectivity index (χ2v) is 8.22. The summed E-state index contributed by atoms with van der Waals surface area (Å²) in [6, 6.07) is 17.9. The van der Waals surface area contributed by atoms with Crippen molar-refractivity contribution >= 4 is 45.0 Å². The maximum Gasteiger partial charge on any atom is 0.182 e. The Bertz CT molecular complexity index is 929. The summed E-state index contributed by atoms with van der Waals surface area (Å²) >= 11 is 7.17. The van der Waals surface area contributed by atoms with Crippen molar-refractivity contribution in [3.63, 3.8) is 0 Å². The topological polar surface area (TPSA) is 36.1 Å². The summed E-state index contributed by atoms with van der Waals surface area (Å²) in [6.45, 7) is 1.99. The molecule has 1 aliphatic rings. The Labute approximate surface area is 162 Å². The third-order valence-electron chi connectivity index (χ3n) is 4.78. The third-order valence-corrected chi connectivity index (χ3v) is 6.51. The largest absolute Gasteiger partial charge is 0.360 e. The van der Waals surface area contributed by atoms with Gasteiger partial charge in [0.05, 0.1) is 5.25 Å². The maximum atomic E-state index is 13.5. The lowest BCUT2D eigenvalue weighted by Crippen LogP contribution is -2.25. The fraction of sp³-hybridized carbons (Fsp3) is 0.238. The minimum atomic E-state index is -0.330. The number of aromatic nitrogens is 1. The molecular formula is C21H20N2OS2. The highest BCUT2D eigenvalue weighted by Gasteiger charge is 2.28. The van der Waals surface area contributed by atoms with Crippen molar-refractivity contribution in [2.75, 3.05) is 13.1 Å². The van der Waals surface area contributed by atoms with Crippen LogP contribution in [0.15, 0.2) is 60.8 Å². The normalized spacial score (nSPS) is 15.3. The van der Waals surface area contributed by atoms with Crippen LogP contribution in [0.1, 0.15) is 34.0 Å². The van der Waals surface area contributed by atoms with Gasteiger partial charge in [0.2, 0.25) is 0 Å². The maximum absolute atomic E-state index is 13.5. The molecule has 0 saturated carbocycles. The van der Waals surface area contributed by atoms with Gasteiger partial charge in [-0.2, -0.15) is 0 Å². The van der Waals surface area contributed by atoms with Crippen LogP contribution in [0.4, 0.5) is 0 Å². The van der Waals surface area contributed by atoms with Crippen molar-refractivity contribution in [2.24, 2.45) is 0 Å². The van der Waals surface area contributed by atoms with Crippen molar-refractivity contribution in [1.29, 1.82) is 0 Å². The van der Waals surface area contributed by atoms with Crippen LogP contribution in [0.25, 0.3) is 10.9 Å². The minimum absolute atomic E-state index is 0.0974. The molecule has 26 heavy (non-hydrogen) atoms. The van der Waals surface area contributed by atoms with Gasteiger partial charge in [-0.15, -0.1) is 0 Å². The zero-order valence-corrected chi connectivity index (χ0v) is 16.0. The lowest BCUT2D eigenvalue weighted by atomic mass is 10.0. The van der Waals surface area contributed by atoms with E-state index in [0.29, 0.717) is 0 Å². The van der Waals surface area contributed by atoms with Crippen LogP contribution >= 0.6 is 24.0 Å². The Morgan fingerprint density at radius 2 is 1.73 bits per heavy atom. The van der Waals surface area contributed by atoms with E-state index in [2.05, 4.69) is 9.88 Å². The Hall–Kier alpha value is -2.11. The monoisotopic (exact) mass is 380 g/mol. The number of thiocarbonyl (C=S) groups is 1. The van der Waals surface area contributed by atoms with E-state index in [4.69, 9.17) is 12.2 Å². The minimum Gasteiger partial charge on any atom is -0.360 e. The Kier molecular flexibility index (Phi) is 5.09. The second-order valence-electron chi connectivity index (χ2n) is 6.48. The molecule has 0 aliphatic carbocycles. The average Bonchev–Trinajstić information content (AvgIpc) is 3.36. The van der Waals surface area contributed by atoms with Gasteiger partial charge < -0.3 is 9.88 Å². The zero-order valence-electron chi connectivity index (χ0n) is 14.4. The molecule has 4 rings (SSSR count). The van der Waals surface area contributed by atoms with E-state index in [-0.39, 0.29) is 11.0 Å². The van der Waals surface area contributed by atoms with Crippen molar-refractivity contribution in [2.45, 2.75) is 18.1 Å². The summed E-state index contributed by atoms with van der Waals surface area (Å²) in [5.41, 5.74) is 2.70. The molecule has 3 aromatic rings. The molecular weight excluding hydrogens is 360 g/mol. The number of Topliss-reactive ketones (excluding diaryl/α,β-unsaturated/α-hetero) is 1. The smallest absolute Gasteiger partial charge is 0.182 e. The first-order chi connectivity index (χ1) is 12.7. The number of ketones is 1. The van der Waals surface area contributed by atoms with E-state index in [1.807, 2.05) is 60.8 Å². The van der Waals surface area contributed by atoms with Crippen LogP contribution in [-0.2, 0) is 0 Å². The number of carbonyl (C=O) groups excluding carboxylic acids is 1. The standard InChI is InChI=1S/C21H20N2OS2/c24-19(17-14-22-18-11-5-4-10-16(17)18)20(15-8-2-1-3-9-15)26-21(25)23-12-6-7-13-23/h1-5,8-11,14,20,22H,6-7,12-13H2/t20-/m1/s1. The van der Waals surface area contributed by atoms with Gasteiger partial charge in [-0.25, -0.2) is 0 Å². The average molecular weight is 381 g/mol.